The van der Waals surface area contributed by atoms with E-state index >= 15 is 0 Å². The van der Waals surface area contributed by atoms with Gasteiger partial charge in [-0.25, -0.2) is 18.7 Å². The molecule has 0 radical (unpaired) electrons. The first-order chi connectivity index (χ1) is 13.5. The minimum atomic E-state index is -2.97. The lowest BCUT2D eigenvalue weighted by Gasteiger charge is -2.14. The van der Waals surface area contributed by atoms with Gasteiger partial charge in [-0.15, -0.1) is 0 Å². The van der Waals surface area contributed by atoms with E-state index in [1.165, 1.54) is 6.07 Å². The molecule has 0 atom stereocenters. The fraction of sp³-hybridized carbons (Fsp3) is 0.263. The summed E-state index contributed by atoms with van der Waals surface area (Å²) in [7, 11) is 0. The smallest absolute Gasteiger partial charge is 0.387 e. The lowest BCUT2D eigenvalue weighted by atomic mass is 10.2. The molecule has 148 valence electrons. The predicted octanol–water partition coefficient (Wildman–Crippen LogP) is 5.18. The van der Waals surface area contributed by atoms with Gasteiger partial charge in [-0.3, -0.25) is 0 Å². The fourth-order valence-electron chi connectivity index (χ4n) is 2.64. The molecule has 0 aliphatic heterocycles. The van der Waals surface area contributed by atoms with Gasteiger partial charge in [0.1, 0.15) is 5.82 Å². The molecular weight excluding hydrogens is 378 g/mol. The molecule has 5 nitrogen and oxygen atoms in total. The first kappa shape index (κ1) is 19.7. The molecule has 0 saturated carbocycles. The fourth-order valence-corrected chi connectivity index (χ4v) is 2.64. The van der Waals surface area contributed by atoms with Crippen LogP contribution in [0.5, 0.6) is 11.5 Å². The Morgan fingerprint density at radius 3 is 2.50 bits per heavy atom. The number of anilines is 1. The SMILES string of the molecule is CCOc1cc(CNc2nc(C(F)F)nc3ccccc23)ccc1OC(F)F. The normalized spacial score (nSPS) is 11.2. The quantitative estimate of drug-likeness (QED) is 0.533. The van der Waals surface area contributed by atoms with Gasteiger partial charge < -0.3 is 14.8 Å². The molecule has 0 spiro atoms. The highest BCUT2D eigenvalue weighted by atomic mass is 19.3. The van der Waals surface area contributed by atoms with Gasteiger partial charge in [0.05, 0.1) is 12.1 Å². The van der Waals surface area contributed by atoms with Crippen molar-refractivity contribution >= 4 is 16.7 Å². The molecule has 9 heteroatoms. The largest absolute Gasteiger partial charge is 0.490 e. The summed E-state index contributed by atoms with van der Waals surface area (Å²) < 4.78 is 60.9. The summed E-state index contributed by atoms with van der Waals surface area (Å²) in [6, 6.07) is 11.3. The van der Waals surface area contributed by atoms with Gasteiger partial charge in [0, 0.05) is 11.9 Å². The second-order valence-corrected chi connectivity index (χ2v) is 5.69. The van der Waals surface area contributed by atoms with E-state index in [-0.39, 0.29) is 30.5 Å². The van der Waals surface area contributed by atoms with Crippen LogP contribution in [0.15, 0.2) is 42.5 Å². The number of fused-ring (bicyclic) bond motifs is 1. The minimum Gasteiger partial charge on any atom is -0.490 e. The van der Waals surface area contributed by atoms with Crippen LogP contribution < -0.4 is 14.8 Å². The Labute approximate surface area is 158 Å². The van der Waals surface area contributed by atoms with Gasteiger partial charge in [0.15, 0.2) is 17.3 Å². The second-order valence-electron chi connectivity index (χ2n) is 5.69. The molecule has 1 heterocycles. The number of benzene rings is 2. The van der Waals surface area contributed by atoms with Gasteiger partial charge in [-0.1, -0.05) is 18.2 Å². The summed E-state index contributed by atoms with van der Waals surface area (Å²) in [6.45, 7) is -0.775. The van der Waals surface area contributed by atoms with E-state index in [0.717, 1.165) is 0 Å². The summed E-state index contributed by atoms with van der Waals surface area (Å²) in [5.74, 6) is -0.223. The van der Waals surface area contributed by atoms with Gasteiger partial charge in [0.2, 0.25) is 0 Å². The van der Waals surface area contributed by atoms with Crippen molar-refractivity contribution in [2.75, 3.05) is 11.9 Å². The third-order valence-corrected chi connectivity index (χ3v) is 3.80. The number of alkyl halides is 4. The maximum absolute atomic E-state index is 13.1. The molecule has 0 fully saturated rings. The molecule has 0 saturated heterocycles. The van der Waals surface area contributed by atoms with E-state index in [9.17, 15) is 17.6 Å². The number of hydrogen-bond acceptors (Lipinski definition) is 5. The van der Waals surface area contributed by atoms with Crippen molar-refractivity contribution in [2.24, 2.45) is 0 Å². The van der Waals surface area contributed by atoms with Gasteiger partial charge in [0.25, 0.3) is 6.43 Å². The van der Waals surface area contributed by atoms with Crippen LogP contribution in [0.4, 0.5) is 23.4 Å². The maximum Gasteiger partial charge on any atom is 0.387 e. The number of nitrogens with one attached hydrogen (secondary N) is 1. The van der Waals surface area contributed by atoms with Crippen molar-refractivity contribution in [1.29, 1.82) is 0 Å². The number of ether oxygens (including phenoxy) is 2. The Morgan fingerprint density at radius 1 is 1.00 bits per heavy atom. The molecule has 1 aromatic heterocycles. The van der Waals surface area contributed by atoms with Gasteiger partial charge in [-0.05, 0) is 36.8 Å². The highest BCUT2D eigenvalue weighted by Gasteiger charge is 2.16. The monoisotopic (exact) mass is 395 g/mol. The lowest BCUT2D eigenvalue weighted by molar-refractivity contribution is -0.0514. The van der Waals surface area contributed by atoms with E-state index in [0.29, 0.717) is 16.5 Å². The molecule has 3 aromatic rings. The number of nitrogens with zero attached hydrogens (tertiary/aromatic N) is 2. The molecule has 0 bridgehead atoms. The second kappa shape index (κ2) is 8.73. The van der Waals surface area contributed by atoms with Crippen LogP contribution >= 0.6 is 0 Å². The van der Waals surface area contributed by atoms with Crippen LogP contribution in [0.1, 0.15) is 24.7 Å². The Balaban J connectivity index is 1.86. The Morgan fingerprint density at radius 2 is 1.79 bits per heavy atom. The van der Waals surface area contributed by atoms with Crippen molar-refractivity contribution < 1.29 is 27.0 Å². The summed E-state index contributed by atoms with van der Waals surface area (Å²) in [6.07, 6.45) is -2.81. The Kier molecular flexibility index (Phi) is 6.13. The van der Waals surface area contributed by atoms with E-state index in [1.54, 1.807) is 43.3 Å². The van der Waals surface area contributed by atoms with E-state index in [4.69, 9.17) is 4.74 Å². The molecule has 28 heavy (non-hydrogen) atoms. The number of rotatable bonds is 8. The van der Waals surface area contributed by atoms with Gasteiger partial charge >= 0.3 is 6.61 Å². The molecule has 0 aliphatic carbocycles. The zero-order valence-electron chi connectivity index (χ0n) is 14.8. The third-order valence-electron chi connectivity index (χ3n) is 3.80. The molecular formula is C19H17F4N3O2. The van der Waals surface area contributed by atoms with Crippen LogP contribution in [0, 0.1) is 0 Å². The topological polar surface area (TPSA) is 56.3 Å². The van der Waals surface area contributed by atoms with Crippen molar-refractivity contribution in [3.63, 3.8) is 0 Å². The van der Waals surface area contributed by atoms with E-state index in [1.807, 2.05) is 0 Å². The third kappa shape index (κ3) is 4.59. The van der Waals surface area contributed by atoms with Crippen LogP contribution in [0.25, 0.3) is 10.9 Å². The Bertz CT molecular complexity index is 954. The van der Waals surface area contributed by atoms with Crippen LogP contribution in [-0.2, 0) is 6.54 Å². The minimum absolute atomic E-state index is 0.0759. The van der Waals surface area contributed by atoms with Crippen LogP contribution in [-0.4, -0.2) is 23.2 Å². The average Bonchev–Trinajstić information content (AvgIpc) is 2.67. The van der Waals surface area contributed by atoms with Crippen molar-refractivity contribution in [2.45, 2.75) is 26.5 Å². The molecule has 0 amide bonds. The standard InChI is InChI=1S/C19H17F4N3O2/c1-2-27-15-9-11(7-8-14(15)28-19(22)23)10-24-17-12-5-3-4-6-13(12)25-18(26-17)16(20)21/h3-9,16,19H,2,10H2,1H3,(H,24,25,26). The molecule has 0 aliphatic rings. The Hall–Kier alpha value is -3.10. The van der Waals surface area contributed by atoms with E-state index in [2.05, 4.69) is 20.0 Å². The number of halogens is 4. The summed E-state index contributed by atoms with van der Waals surface area (Å²) in [4.78, 5) is 7.76. The number of hydrogen-bond donors (Lipinski definition) is 1. The zero-order valence-corrected chi connectivity index (χ0v) is 14.8. The summed E-state index contributed by atoms with van der Waals surface area (Å²) in [5.41, 5.74) is 1.07. The van der Waals surface area contributed by atoms with Crippen molar-refractivity contribution in [3.8, 4) is 11.5 Å². The molecule has 1 N–H and O–H groups in total. The highest BCUT2D eigenvalue weighted by Crippen LogP contribution is 2.31. The summed E-state index contributed by atoms with van der Waals surface area (Å²) >= 11 is 0. The predicted molar refractivity (Wildman–Crippen MR) is 96.1 cm³/mol. The maximum atomic E-state index is 13.1. The average molecular weight is 395 g/mol. The van der Waals surface area contributed by atoms with Crippen molar-refractivity contribution in [1.82, 2.24) is 9.97 Å². The van der Waals surface area contributed by atoms with Gasteiger partial charge in [-0.2, -0.15) is 8.78 Å². The number of aromatic nitrogens is 2. The first-order valence-corrected chi connectivity index (χ1v) is 8.47. The van der Waals surface area contributed by atoms with Crippen molar-refractivity contribution in [3.05, 3.63) is 53.9 Å². The molecule has 3 rings (SSSR count). The first-order valence-electron chi connectivity index (χ1n) is 8.47. The number of para-hydroxylation sites is 1. The van der Waals surface area contributed by atoms with E-state index < -0.39 is 18.9 Å². The summed E-state index contributed by atoms with van der Waals surface area (Å²) in [5, 5.41) is 3.59. The highest BCUT2D eigenvalue weighted by molar-refractivity contribution is 5.89. The molecule has 0 unspecified atom stereocenters. The lowest BCUT2D eigenvalue weighted by Crippen LogP contribution is -2.08. The van der Waals surface area contributed by atoms with Crippen LogP contribution in [0.3, 0.4) is 0 Å². The zero-order chi connectivity index (χ0) is 20.1. The van der Waals surface area contributed by atoms with Crippen LogP contribution in [0.2, 0.25) is 0 Å². The molecule has 2 aromatic carbocycles.